The average Bonchev–Trinajstić information content (AvgIpc) is 2.79. The first-order valence-electron chi connectivity index (χ1n) is 9.48. The van der Waals surface area contributed by atoms with Gasteiger partial charge in [0.1, 0.15) is 5.75 Å². The van der Waals surface area contributed by atoms with Gasteiger partial charge in [0.05, 0.1) is 18.6 Å². The van der Waals surface area contributed by atoms with Crippen LogP contribution >= 0.6 is 0 Å². The van der Waals surface area contributed by atoms with Gasteiger partial charge in [0.15, 0.2) is 0 Å². The van der Waals surface area contributed by atoms with Gasteiger partial charge in [-0.25, -0.2) is 8.42 Å². The molecule has 1 N–H and O–H groups in total. The molecular weight excluding hydrogens is 400 g/mol. The van der Waals surface area contributed by atoms with Crippen LogP contribution in [0.5, 0.6) is 5.75 Å². The molecular formula is C23H24N2O4S. The molecule has 156 valence electrons. The summed E-state index contributed by atoms with van der Waals surface area (Å²) in [5, 5.41) is 2.79. The SMILES string of the molecule is COc1ccc(CNC(=O)CN(Cc2ccccc2)S(=O)(=O)c2ccccc2)cc1. The molecule has 7 heteroatoms. The first kappa shape index (κ1) is 21.5. The molecule has 30 heavy (non-hydrogen) atoms. The maximum absolute atomic E-state index is 13.1. The fourth-order valence-electron chi connectivity index (χ4n) is 2.91. The highest BCUT2D eigenvalue weighted by atomic mass is 32.2. The van der Waals surface area contributed by atoms with Gasteiger partial charge >= 0.3 is 0 Å². The van der Waals surface area contributed by atoms with Crippen molar-refractivity contribution in [1.29, 1.82) is 0 Å². The van der Waals surface area contributed by atoms with Crippen molar-refractivity contribution in [3.63, 3.8) is 0 Å². The Morgan fingerprint density at radius 2 is 1.47 bits per heavy atom. The van der Waals surface area contributed by atoms with E-state index >= 15 is 0 Å². The number of nitrogens with one attached hydrogen (secondary N) is 1. The van der Waals surface area contributed by atoms with Gasteiger partial charge in [0, 0.05) is 13.1 Å². The van der Waals surface area contributed by atoms with Crippen LogP contribution in [0.1, 0.15) is 11.1 Å². The maximum Gasteiger partial charge on any atom is 0.243 e. The zero-order valence-electron chi connectivity index (χ0n) is 16.7. The maximum atomic E-state index is 13.1. The topological polar surface area (TPSA) is 75.7 Å². The Morgan fingerprint density at radius 1 is 0.867 bits per heavy atom. The minimum atomic E-state index is -3.83. The Labute approximate surface area is 177 Å². The van der Waals surface area contributed by atoms with Gasteiger partial charge in [0.25, 0.3) is 0 Å². The Bertz CT molecular complexity index is 1050. The standard InChI is InChI=1S/C23H24N2O4S/c1-29-21-14-12-19(13-15-21)16-24-23(26)18-25(17-20-8-4-2-5-9-20)30(27,28)22-10-6-3-7-11-22/h2-15H,16-18H2,1H3,(H,24,26). The van der Waals surface area contributed by atoms with E-state index in [9.17, 15) is 13.2 Å². The normalized spacial score (nSPS) is 11.3. The second kappa shape index (κ2) is 10.0. The van der Waals surface area contributed by atoms with E-state index in [0.717, 1.165) is 16.9 Å². The number of rotatable bonds is 9. The molecule has 0 aromatic heterocycles. The summed E-state index contributed by atoms with van der Waals surface area (Å²) in [6.45, 7) is 0.129. The molecule has 0 atom stereocenters. The third kappa shape index (κ3) is 5.68. The molecule has 0 fully saturated rings. The highest BCUT2D eigenvalue weighted by Gasteiger charge is 2.26. The molecule has 0 unspecified atom stereocenters. The molecule has 6 nitrogen and oxygen atoms in total. The predicted molar refractivity (Wildman–Crippen MR) is 115 cm³/mol. The van der Waals surface area contributed by atoms with E-state index in [-0.39, 0.29) is 23.9 Å². The van der Waals surface area contributed by atoms with Gasteiger partial charge in [-0.1, -0.05) is 60.7 Å². The summed E-state index contributed by atoms with van der Waals surface area (Å²) < 4.78 is 32.6. The fourth-order valence-corrected chi connectivity index (χ4v) is 4.32. The number of benzene rings is 3. The average molecular weight is 425 g/mol. The Hall–Kier alpha value is -3.16. The summed E-state index contributed by atoms with van der Waals surface area (Å²) >= 11 is 0. The van der Waals surface area contributed by atoms with Crippen molar-refractivity contribution in [2.75, 3.05) is 13.7 Å². The highest BCUT2D eigenvalue weighted by molar-refractivity contribution is 7.89. The van der Waals surface area contributed by atoms with Crippen LogP contribution in [0.4, 0.5) is 0 Å². The lowest BCUT2D eigenvalue weighted by atomic mass is 10.2. The smallest absolute Gasteiger partial charge is 0.243 e. The van der Waals surface area contributed by atoms with E-state index < -0.39 is 10.0 Å². The van der Waals surface area contributed by atoms with Crippen molar-refractivity contribution >= 4 is 15.9 Å². The summed E-state index contributed by atoms with van der Waals surface area (Å²) in [4.78, 5) is 12.7. The van der Waals surface area contributed by atoms with Crippen molar-refractivity contribution in [3.05, 3.63) is 96.1 Å². The lowest BCUT2D eigenvalue weighted by Crippen LogP contribution is -2.40. The summed E-state index contributed by atoms with van der Waals surface area (Å²) in [7, 11) is -2.24. The second-order valence-corrected chi connectivity index (χ2v) is 8.63. The summed E-state index contributed by atoms with van der Waals surface area (Å²) in [5.41, 5.74) is 1.70. The predicted octanol–water partition coefficient (Wildman–Crippen LogP) is 3.20. The van der Waals surface area contributed by atoms with Crippen molar-refractivity contribution in [2.24, 2.45) is 0 Å². The third-order valence-corrected chi connectivity index (χ3v) is 6.36. The molecule has 0 radical (unpaired) electrons. The van der Waals surface area contributed by atoms with Crippen LogP contribution in [-0.4, -0.2) is 32.3 Å². The van der Waals surface area contributed by atoms with Crippen molar-refractivity contribution in [3.8, 4) is 5.75 Å². The van der Waals surface area contributed by atoms with E-state index in [1.165, 1.54) is 16.4 Å². The molecule has 0 heterocycles. The van der Waals surface area contributed by atoms with Gasteiger partial charge in [-0.05, 0) is 35.4 Å². The number of nitrogens with zero attached hydrogens (tertiary/aromatic N) is 1. The Kier molecular flexibility index (Phi) is 7.21. The number of hydrogen-bond donors (Lipinski definition) is 1. The third-order valence-electron chi connectivity index (χ3n) is 4.55. The molecule has 0 saturated carbocycles. The van der Waals surface area contributed by atoms with E-state index in [1.54, 1.807) is 25.3 Å². The molecule has 0 aliphatic heterocycles. The molecule has 0 spiro atoms. The molecule has 0 saturated heterocycles. The van der Waals surface area contributed by atoms with Crippen LogP contribution in [0.25, 0.3) is 0 Å². The van der Waals surface area contributed by atoms with Gasteiger partial charge < -0.3 is 10.1 Å². The van der Waals surface area contributed by atoms with Gasteiger partial charge in [-0.2, -0.15) is 4.31 Å². The number of ether oxygens (including phenoxy) is 1. The quantitative estimate of drug-likeness (QED) is 0.572. The molecule has 3 aromatic rings. The van der Waals surface area contributed by atoms with E-state index in [2.05, 4.69) is 5.32 Å². The van der Waals surface area contributed by atoms with E-state index in [0.29, 0.717) is 6.54 Å². The largest absolute Gasteiger partial charge is 0.497 e. The Morgan fingerprint density at radius 3 is 2.07 bits per heavy atom. The number of hydrogen-bond acceptors (Lipinski definition) is 4. The van der Waals surface area contributed by atoms with Gasteiger partial charge in [-0.3, -0.25) is 4.79 Å². The zero-order chi connectivity index (χ0) is 21.4. The second-order valence-electron chi connectivity index (χ2n) is 6.70. The van der Waals surface area contributed by atoms with E-state index in [1.807, 2.05) is 54.6 Å². The number of carbonyl (C=O) groups is 1. The highest BCUT2D eigenvalue weighted by Crippen LogP contribution is 2.18. The molecule has 1 amide bonds. The molecule has 0 aliphatic rings. The summed E-state index contributed by atoms with van der Waals surface area (Å²) in [5.74, 6) is 0.356. The van der Waals surface area contributed by atoms with Crippen LogP contribution in [-0.2, 0) is 27.9 Å². The Balaban J connectivity index is 1.73. The van der Waals surface area contributed by atoms with Crippen LogP contribution in [0.2, 0.25) is 0 Å². The fraction of sp³-hybridized carbons (Fsp3) is 0.174. The van der Waals surface area contributed by atoms with Crippen LogP contribution in [0.15, 0.2) is 89.8 Å². The van der Waals surface area contributed by atoms with Crippen LogP contribution in [0, 0.1) is 0 Å². The lowest BCUT2D eigenvalue weighted by molar-refractivity contribution is -0.121. The van der Waals surface area contributed by atoms with Crippen molar-refractivity contribution in [2.45, 2.75) is 18.0 Å². The number of sulfonamides is 1. The van der Waals surface area contributed by atoms with E-state index in [4.69, 9.17) is 4.74 Å². The summed E-state index contributed by atoms with van der Waals surface area (Å²) in [6.07, 6.45) is 0. The number of methoxy groups -OCH3 is 1. The summed E-state index contributed by atoms with van der Waals surface area (Å²) in [6, 6.07) is 24.7. The lowest BCUT2D eigenvalue weighted by Gasteiger charge is -2.22. The molecule has 0 aliphatic carbocycles. The first-order chi connectivity index (χ1) is 14.5. The van der Waals surface area contributed by atoms with Crippen LogP contribution in [0.3, 0.4) is 0 Å². The molecule has 0 bridgehead atoms. The monoisotopic (exact) mass is 424 g/mol. The number of amides is 1. The zero-order valence-corrected chi connectivity index (χ0v) is 17.5. The van der Waals surface area contributed by atoms with Crippen molar-refractivity contribution in [1.82, 2.24) is 9.62 Å². The van der Waals surface area contributed by atoms with Crippen LogP contribution < -0.4 is 10.1 Å². The molecule has 3 rings (SSSR count). The minimum absolute atomic E-state index is 0.105. The van der Waals surface area contributed by atoms with Crippen molar-refractivity contribution < 1.29 is 17.9 Å². The minimum Gasteiger partial charge on any atom is -0.497 e. The first-order valence-corrected chi connectivity index (χ1v) is 10.9. The van der Waals surface area contributed by atoms with Gasteiger partial charge in [-0.15, -0.1) is 0 Å². The van der Waals surface area contributed by atoms with Gasteiger partial charge in [0.2, 0.25) is 15.9 Å². The molecule has 3 aromatic carbocycles. The number of carbonyl (C=O) groups excluding carboxylic acids is 1.